The smallest absolute Gasteiger partial charge is 0.273 e. The van der Waals surface area contributed by atoms with Gasteiger partial charge >= 0.3 is 0 Å². The topological polar surface area (TPSA) is 119 Å². The molecular weight excluding hydrogens is 422 g/mol. The largest absolute Gasteiger partial charge is 0.494 e. The number of hydrogen-bond acceptors (Lipinski definition) is 6. The zero-order valence-corrected chi connectivity index (χ0v) is 18.4. The van der Waals surface area contributed by atoms with Crippen LogP contribution in [0.15, 0.2) is 47.4 Å². The highest BCUT2D eigenvalue weighted by Gasteiger charge is 2.31. The van der Waals surface area contributed by atoms with Crippen molar-refractivity contribution < 1.29 is 22.9 Å². The Kier molecular flexibility index (Phi) is 6.61. The van der Waals surface area contributed by atoms with E-state index in [2.05, 4.69) is 5.32 Å². The molecule has 2 aromatic carbocycles. The molecule has 0 aliphatic carbocycles. The van der Waals surface area contributed by atoms with E-state index in [4.69, 9.17) is 4.74 Å². The third-order valence-electron chi connectivity index (χ3n) is 5.23. The molecule has 1 N–H and O–H groups in total. The first-order valence-corrected chi connectivity index (χ1v) is 11.3. The van der Waals surface area contributed by atoms with Gasteiger partial charge < -0.3 is 10.1 Å². The summed E-state index contributed by atoms with van der Waals surface area (Å²) in [5.74, 6) is 0.243. The van der Waals surface area contributed by atoms with Crippen LogP contribution in [0.4, 0.5) is 11.4 Å². The number of sulfonamides is 1. The normalized spacial score (nSPS) is 19.6. The van der Waals surface area contributed by atoms with E-state index >= 15 is 0 Å². The number of carbonyl (C=O) groups excluding carboxylic acids is 1. The summed E-state index contributed by atoms with van der Waals surface area (Å²) in [7, 11) is -2.29. The van der Waals surface area contributed by atoms with Crippen LogP contribution in [0.3, 0.4) is 0 Å². The van der Waals surface area contributed by atoms with Crippen LogP contribution in [0.2, 0.25) is 0 Å². The molecule has 9 nitrogen and oxygen atoms in total. The molecule has 0 saturated carbocycles. The molecule has 1 amide bonds. The average Bonchev–Trinajstić information content (AvgIpc) is 2.73. The van der Waals surface area contributed by atoms with Gasteiger partial charge in [-0.1, -0.05) is 13.8 Å². The van der Waals surface area contributed by atoms with Crippen molar-refractivity contribution in [3.63, 3.8) is 0 Å². The predicted molar refractivity (Wildman–Crippen MR) is 116 cm³/mol. The lowest BCUT2D eigenvalue weighted by molar-refractivity contribution is -0.384. The van der Waals surface area contributed by atoms with E-state index in [9.17, 15) is 23.3 Å². The van der Waals surface area contributed by atoms with Gasteiger partial charge in [-0.2, -0.15) is 4.31 Å². The SMILES string of the molecule is COc1cc([N+](=O)[O-])ccc1NC(=O)c1ccc(S(=O)(=O)N2C[C@@H](C)C[C@H](C)C2)cc1. The number of anilines is 1. The van der Waals surface area contributed by atoms with Gasteiger partial charge in [0.1, 0.15) is 5.75 Å². The van der Waals surface area contributed by atoms with Crippen LogP contribution >= 0.6 is 0 Å². The Balaban J connectivity index is 1.77. The van der Waals surface area contributed by atoms with Gasteiger partial charge in [0.25, 0.3) is 11.6 Å². The maximum absolute atomic E-state index is 13.0. The Labute approximate surface area is 181 Å². The molecular formula is C21H25N3O6S. The van der Waals surface area contributed by atoms with Gasteiger partial charge in [0.15, 0.2) is 0 Å². The first-order chi connectivity index (χ1) is 14.6. The highest BCUT2D eigenvalue weighted by atomic mass is 32.2. The van der Waals surface area contributed by atoms with E-state index in [0.717, 1.165) is 6.42 Å². The molecule has 1 fully saturated rings. The van der Waals surface area contributed by atoms with Crippen LogP contribution in [-0.4, -0.2) is 43.8 Å². The predicted octanol–water partition coefficient (Wildman–Crippen LogP) is 3.52. The Morgan fingerprint density at radius 2 is 1.74 bits per heavy atom. The van der Waals surface area contributed by atoms with Crippen LogP contribution in [0.1, 0.15) is 30.6 Å². The minimum atomic E-state index is -3.64. The summed E-state index contributed by atoms with van der Waals surface area (Å²) in [5, 5.41) is 13.5. The molecule has 0 bridgehead atoms. The lowest BCUT2D eigenvalue weighted by Crippen LogP contribution is -2.42. The Hall–Kier alpha value is -2.98. The van der Waals surface area contributed by atoms with E-state index in [-0.39, 0.29) is 27.6 Å². The highest BCUT2D eigenvalue weighted by Crippen LogP contribution is 2.30. The Bertz CT molecular complexity index is 1070. The van der Waals surface area contributed by atoms with Gasteiger partial charge in [0.2, 0.25) is 10.0 Å². The number of hydrogen-bond donors (Lipinski definition) is 1. The molecule has 166 valence electrons. The molecule has 1 aliphatic rings. The van der Waals surface area contributed by atoms with Crippen LogP contribution in [0.25, 0.3) is 0 Å². The van der Waals surface area contributed by atoms with E-state index in [1.807, 2.05) is 13.8 Å². The van der Waals surface area contributed by atoms with E-state index in [0.29, 0.717) is 24.9 Å². The summed E-state index contributed by atoms with van der Waals surface area (Å²) in [4.78, 5) is 23.1. The van der Waals surface area contributed by atoms with E-state index < -0.39 is 20.9 Å². The van der Waals surface area contributed by atoms with E-state index in [1.54, 1.807) is 0 Å². The second-order valence-corrected chi connectivity index (χ2v) is 9.83. The Morgan fingerprint density at radius 3 is 2.29 bits per heavy atom. The molecule has 0 radical (unpaired) electrons. The zero-order chi connectivity index (χ0) is 22.8. The van der Waals surface area contributed by atoms with Crippen molar-refractivity contribution in [1.82, 2.24) is 4.31 Å². The van der Waals surface area contributed by atoms with Crippen molar-refractivity contribution in [3.8, 4) is 5.75 Å². The maximum Gasteiger partial charge on any atom is 0.273 e. The number of nitrogens with zero attached hydrogens (tertiary/aromatic N) is 2. The lowest BCUT2D eigenvalue weighted by Gasteiger charge is -2.34. The molecule has 0 spiro atoms. The first kappa shape index (κ1) is 22.7. The summed E-state index contributed by atoms with van der Waals surface area (Å²) >= 11 is 0. The standard InChI is InChI=1S/C21H25N3O6S/c1-14-10-15(2)13-23(12-14)31(28,29)18-7-4-16(5-8-18)21(25)22-19-9-6-17(24(26)27)11-20(19)30-3/h4-9,11,14-15H,10,12-13H2,1-3H3,(H,22,25)/t14-,15-/m0/s1. The summed E-state index contributed by atoms with van der Waals surface area (Å²) in [6.07, 6.45) is 0.997. The number of benzene rings is 2. The molecule has 1 aliphatic heterocycles. The molecule has 2 aromatic rings. The van der Waals surface area contributed by atoms with Crippen molar-refractivity contribution in [2.75, 3.05) is 25.5 Å². The second kappa shape index (κ2) is 9.03. The quantitative estimate of drug-likeness (QED) is 0.535. The van der Waals surface area contributed by atoms with Gasteiger partial charge in [0.05, 0.1) is 28.7 Å². The fourth-order valence-corrected chi connectivity index (χ4v) is 5.50. The number of ether oxygens (including phenoxy) is 1. The number of rotatable bonds is 6. The monoisotopic (exact) mass is 447 g/mol. The summed E-state index contributed by atoms with van der Waals surface area (Å²) in [6, 6.07) is 9.57. The van der Waals surface area contributed by atoms with E-state index in [1.165, 1.54) is 53.9 Å². The van der Waals surface area contributed by atoms with Gasteiger partial charge in [0, 0.05) is 24.7 Å². The van der Waals surface area contributed by atoms with Gasteiger partial charge in [-0.25, -0.2) is 8.42 Å². The number of carbonyl (C=O) groups is 1. The number of amides is 1. The van der Waals surface area contributed by atoms with Gasteiger partial charge in [-0.05, 0) is 48.6 Å². The third-order valence-corrected chi connectivity index (χ3v) is 7.08. The van der Waals surface area contributed by atoms with Crippen molar-refractivity contribution >= 4 is 27.3 Å². The molecule has 1 saturated heterocycles. The molecule has 31 heavy (non-hydrogen) atoms. The second-order valence-electron chi connectivity index (χ2n) is 7.89. The average molecular weight is 448 g/mol. The number of nitro benzene ring substituents is 1. The number of non-ortho nitro benzene ring substituents is 1. The molecule has 0 aromatic heterocycles. The van der Waals surface area contributed by atoms with Crippen LogP contribution in [0.5, 0.6) is 5.75 Å². The fraction of sp³-hybridized carbons (Fsp3) is 0.381. The summed E-state index contributed by atoms with van der Waals surface area (Å²) in [5.41, 5.74) is 0.358. The number of piperidine rings is 1. The highest BCUT2D eigenvalue weighted by molar-refractivity contribution is 7.89. The first-order valence-electron chi connectivity index (χ1n) is 9.85. The summed E-state index contributed by atoms with van der Waals surface area (Å²) < 4.78 is 32.6. The van der Waals surface area contributed by atoms with Crippen molar-refractivity contribution in [3.05, 3.63) is 58.1 Å². The zero-order valence-electron chi connectivity index (χ0n) is 17.6. The molecule has 2 atom stereocenters. The van der Waals surface area contributed by atoms with Crippen molar-refractivity contribution in [1.29, 1.82) is 0 Å². The minimum Gasteiger partial charge on any atom is -0.494 e. The van der Waals surface area contributed by atoms with Crippen LogP contribution < -0.4 is 10.1 Å². The van der Waals surface area contributed by atoms with Gasteiger partial charge in [-0.3, -0.25) is 14.9 Å². The third kappa shape index (κ3) is 5.02. The number of nitro groups is 1. The van der Waals surface area contributed by atoms with Crippen LogP contribution in [0, 0.1) is 22.0 Å². The summed E-state index contributed by atoms with van der Waals surface area (Å²) in [6.45, 7) is 5.04. The molecule has 3 rings (SSSR count). The van der Waals surface area contributed by atoms with Crippen molar-refractivity contribution in [2.24, 2.45) is 11.8 Å². The lowest BCUT2D eigenvalue weighted by atomic mass is 9.94. The van der Waals surface area contributed by atoms with Crippen LogP contribution in [-0.2, 0) is 10.0 Å². The van der Waals surface area contributed by atoms with Crippen molar-refractivity contribution in [2.45, 2.75) is 25.2 Å². The maximum atomic E-state index is 13.0. The number of methoxy groups -OCH3 is 1. The molecule has 1 heterocycles. The fourth-order valence-electron chi connectivity index (χ4n) is 3.82. The minimum absolute atomic E-state index is 0.137. The molecule has 10 heteroatoms. The molecule has 0 unspecified atom stereocenters. The van der Waals surface area contributed by atoms with Gasteiger partial charge in [-0.15, -0.1) is 0 Å². The number of nitrogens with one attached hydrogen (secondary N) is 1. The Morgan fingerprint density at radius 1 is 1.13 bits per heavy atom.